The summed E-state index contributed by atoms with van der Waals surface area (Å²) in [7, 11) is 0. The minimum atomic E-state index is 0.175. The molecule has 102 valence electrons. The number of ether oxygens (including phenoxy) is 1. The Morgan fingerprint density at radius 3 is 2.42 bits per heavy atom. The summed E-state index contributed by atoms with van der Waals surface area (Å²) < 4.78 is 7.30. The standard InChI is InChI=1S/C14H18ClN3O/c1-9(2)19-12-6-4-11(5-7-12)8-18-14(16)13(15)10(3)17-18/h4-7,9H,8,16H2,1-3H3. The number of halogens is 1. The van der Waals surface area contributed by atoms with Crippen LogP contribution in [0.3, 0.4) is 0 Å². The molecule has 19 heavy (non-hydrogen) atoms. The van der Waals surface area contributed by atoms with Crippen molar-refractivity contribution in [1.82, 2.24) is 9.78 Å². The normalized spacial score (nSPS) is 11.0. The Balaban J connectivity index is 2.13. The van der Waals surface area contributed by atoms with Gasteiger partial charge >= 0.3 is 0 Å². The molecule has 2 N–H and O–H groups in total. The van der Waals surface area contributed by atoms with Gasteiger partial charge in [-0.25, -0.2) is 4.68 Å². The van der Waals surface area contributed by atoms with E-state index < -0.39 is 0 Å². The fourth-order valence-electron chi connectivity index (χ4n) is 1.82. The van der Waals surface area contributed by atoms with E-state index in [4.69, 9.17) is 22.1 Å². The quantitative estimate of drug-likeness (QED) is 0.934. The average molecular weight is 280 g/mol. The molecule has 2 rings (SSSR count). The van der Waals surface area contributed by atoms with Crippen molar-refractivity contribution in [3.63, 3.8) is 0 Å². The van der Waals surface area contributed by atoms with Crippen LogP contribution in [0.2, 0.25) is 5.02 Å². The van der Waals surface area contributed by atoms with Crippen LogP contribution in [0.15, 0.2) is 24.3 Å². The van der Waals surface area contributed by atoms with Gasteiger partial charge in [-0.1, -0.05) is 23.7 Å². The maximum Gasteiger partial charge on any atom is 0.141 e. The minimum absolute atomic E-state index is 0.175. The zero-order chi connectivity index (χ0) is 14.0. The van der Waals surface area contributed by atoms with E-state index in [-0.39, 0.29) is 6.10 Å². The van der Waals surface area contributed by atoms with Gasteiger partial charge in [0.2, 0.25) is 0 Å². The van der Waals surface area contributed by atoms with Crippen molar-refractivity contribution in [1.29, 1.82) is 0 Å². The largest absolute Gasteiger partial charge is 0.491 e. The van der Waals surface area contributed by atoms with Gasteiger partial charge in [0.15, 0.2) is 0 Å². The molecule has 2 aromatic rings. The van der Waals surface area contributed by atoms with Crippen LogP contribution in [0, 0.1) is 6.92 Å². The Hall–Kier alpha value is -1.68. The summed E-state index contributed by atoms with van der Waals surface area (Å²) >= 11 is 6.02. The minimum Gasteiger partial charge on any atom is -0.491 e. The monoisotopic (exact) mass is 279 g/mol. The van der Waals surface area contributed by atoms with Crippen molar-refractivity contribution in [2.24, 2.45) is 0 Å². The molecule has 0 unspecified atom stereocenters. The zero-order valence-corrected chi connectivity index (χ0v) is 12.1. The molecule has 1 aromatic heterocycles. The van der Waals surface area contributed by atoms with E-state index in [1.807, 2.05) is 45.0 Å². The predicted molar refractivity (Wildman–Crippen MR) is 77.7 cm³/mol. The smallest absolute Gasteiger partial charge is 0.141 e. The van der Waals surface area contributed by atoms with Gasteiger partial charge in [-0.05, 0) is 38.5 Å². The van der Waals surface area contributed by atoms with Gasteiger partial charge in [0, 0.05) is 0 Å². The number of hydrogen-bond donors (Lipinski definition) is 1. The van der Waals surface area contributed by atoms with Gasteiger partial charge in [0.1, 0.15) is 16.6 Å². The molecule has 0 fully saturated rings. The second-order valence-electron chi connectivity index (χ2n) is 4.75. The van der Waals surface area contributed by atoms with Gasteiger partial charge in [0.25, 0.3) is 0 Å². The van der Waals surface area contributed by atoms with E-state index in [1.54, 1.807) is 4.68 Å². The third kappa shape index (κ3) is 3.20. The van der Waals surface area contributed by atoms with Crippen LogP contribution in [0.5, 0.6) is 5.75 Å². The molecule has 0 amide bonds. The number of nitrogens with two attached hydrogens (primary N) is 1. The fraction of sp³-hybridized carbons (Fsp3) is 0.357. The Kier molecular flexibility index (Phi) is 4.00. The second-order valence-corrected chi connectivity index (χ2v) is 5.13. The first kappa shape index (κ1) is 13.7. The fourth-order valence-corrected chi connectivity index (χ4v) is 1.95. The number of nitrogens with zero attached hydrogens (tertiary/aromatic N) is 2. The van der Waals surface area contributed by atoms with E-state index in [0.29, 0.717) is 17.4 Å². The molecule has 0 atom stereocenters. The number of aryl methyl sites for hydroxylation is 1. The second kappa shape index (κ2) is 5.53. The lowest BCUT2D eigenvalue weighted by atomic mass is 10.2. The number of nitrogen functional groups attached to an aromatic ring is 1. The highest BCUT2D eigenvalue weighted by Gasteiger charge is 2.10. The van der Waals surface area contributed by atoms with Gasteiger partial charge in [-0.3, -0.25) is 0 Å². The summed E-state index contributed by atoms with van der Waals surface area (Å²) in [6.07, 6.45) is 0.175. The van der Waals surface area contributed by atoms with Crippen LogP contribution in [0.1, 0.15) is 25.1 Å². The van der Waals surface area contributed by atoms with Gasteiger partial charge in [0.05, 0.1) is 18.3 Å². The molecular formula is C14H18ClN3O. The highest BCUT2D eigenvalue weighted by Crippen LogP contribution is 2.23. The topological polar surface area (TPSA) is 53.1 Å². The molecule has 4 nitrogen and oxygen atoms in total. The number of hydrogen-bond acceptors (Lipinski definition) is 3. The lowest BCUT2D eigenvalue weighted by Crippen LogP contribution is -2.07. The predicted octanol–water partition coefficient (Wildman–Crippen LogP) is 3.26. The number of anilines is 1. The molecule has 1 aromatic carbocycles. The average Bonchev–Trinajstić information content (AvgIpc) is 2.59. The van der Waals surface area contributed by atoms with Gasteiger partial charge < -0.3 is 10.5 Å². The van der Waals surface area contributed by atoms with Crippen LogP contribution in [0.25, 0.3) is 0 Å². The van der Waals surface area contributed by atoms with Crippen molar-refractivity contribution in [2.45, 2.75) is 33.4 Å². The number of rotatable bonds is 4. The van der Waals surface area contributed by atoms with Crippen LogP contribution in [-0.4, -0.2) is 15.9 Å². The summed E-state index contributed by atoms with van der Waals surface area (Å²) in [6.45, 7) is 6.45. The molecule has 0 saturated carbocycles. The Labute approximate surface area is 118 Å². The van der Waals surface area contributed by atoms with Gasteiger partial charge in [-0.2, -0.15) is 5.10 Å². The molecule has 0 aliphatic heterocycles. The third-order valence-electron chi connectivity index (χ3n) is 2.72. The van der Waals surface area contributed by atoms with E-state index in [2.05, 4.69) is 5.10 Å². The molecule has 0 saturated heterocycles. The van der Waals surface area contributed by atoms with E-state index >= 15 is 0 Å². The van der Waals surface area contributed by atoms with Crippen molar-refractivity contribution in [3.05, 3.63) is 40.5 Å². The number of benzene rings is 1. The summed E-state index contributed by atoms with van der Waals surface area (Å²) in [5.41, 5.74) is 7.74. The van der Waals surface area contributed by atoms with Crippen LogP contribution < -0.4 is 10.5 Å². The van der Waals surface area contributed by atoms with Crippen molar-refractivity contribution in [3.8, 4) is 5.75 Å². The van der Waals surface area contributed by atoms with Crippen LogP contribution in [0.4, 0.5) is 5.82 Å². The van der Waals surface area contributed by atoms with Crippen LogP contribution >= 0.6 is 11.6 Å². The van der Waals surface area contributed by atoms with E-state index in [0.717, 1.165) is 17.0 Å². The van der Waals surface area contributed by atoms with Crippen molar-refractivity contribution in [2.75, 3.05) is 5.73 Å². The van der Waals surface area contributed by atoms with E-state index in [9.17, 15) is 0 Å². The maximum atomic E-state index is 6.02. The summed E-state index contributed by atoms with van der Waals surface area (Å²) in [5, 5.41) is 4.83. The zero-order valence-electron chi connectivity index (χ0n) is 11.4. The molecule has 0 bridgehead atoms. The first-order chi connectivity index (χ1) is 8.97. The third-order valence-corrected chi connectivity index (χ3v) is 3.19. The Bertz CT molecular complexity index is 561. The SMILES string of the molecule is Cc1nn(Cc2ccc(OC(C)C)cc2)c(N)c1Cl. The summed E-state index contributed by atoms with van der Waals surface area (Å²) in [5.74, 6) is 1.36. The molecule has 0 aliphatic rings. The first-order valence-electron chi connectivity index (χ1n) is 6.21. The molecular weight excluding hydrogens is 262 g/mol. The Morgan fingerprint density at radius 2 is 1.95 bits per heavy atom. The lowest BCUT2D eigenvalue weighted by Gasteiger charge is -2.10. The van der Waals surface area contributed by atoms with Crippen LogP contribution in [-0.2, 0) is 6.54 Å². The van der Waals surface area contributed by atoms with E-state index in [1.165, 1.54) is 0 Å². The molecule has 0 aliphatic carbocycles. The van der Waals surface area contributed by atoms with Crippen molar-refractivity contribution < 1.29 is 4.74 Å². The number of aromatic nitrogens is 2. The first-order valence-corrected chi connectivity index (χ1v) is 6.59. The highest BCUT2D eigenvalue weighted by atomic mass is 35.5. The maximum absolute atomic E-state index is 6.02. The molecule has 1 heterocycles. The Morgan fingerprint density at radius 1 is 1.32 bits per heavy atom. The molecule has 0 spiro atoms. The van der Waals surface area contributed by atoms with Gasteiger partial charge in [-0.15, -0.1) is 0 Å². The summed E-state index contributed by atoms with van der Waals surface area (Å²) in [6, 6.07) is 7.90. The lowest BCUT2D eigenvalue weighted by molar-refractivity contribution is 0.242. The molecule has 0 radical (unpaired) electrons. The van der Waals surface area contributed by atoms with Crippen molar-refractivity contribution >= 4 is 17.4 Å². The highest BCUT2D eigenvalue weighted by molar-refractivity contribution is 6.33. The molecule has 5 heteroatoms. The summed E-state index contributed by atoms with van der Waals surface area (Å²) in [4.78, 5) is 0.